The Kier molecular flexibility index (Phi) is 3.80. The summed E-state index contributed by atoms with van der Waals surface area (Å²) >= 11 is 0. The van der Waals surface area contributed by atoms with Crippen molar-refractivity contribution < 1.29 is 9.59 Å². The van der Waals surface area contributed by atoms with Crippen molar-refractivity contribution in [1.29, 1.82) is 0 Å². The van der Waals surface area contributed by atoms with Crippen molar-refractivity contribution in [2.24, 2.45) is 5.92 Å². The first kappa shape index (κ1) is 14.5. The van der Waals surface area contributed by atoms with Gasteiger partial charge in [0.2, 0.25) is 5.91 Å². The molecular formula is C19H19NO2. The van der Waals surface area contributed by atoms with Crippen molar-refractivity contribution >= 4 is 17.4 Å². The van der Waals surface area contributed by atoms with Crippen molar-refractivity contribution in [2.75, 3.05) is 4.90 Å². The molecule has 0 saturated carbocycles. The Morgan fingerprint density at radius 1 is 0.955 bits per heavy atom. The Balaban J connectivity index is 2.09. The van der Waals surface area contributed by atoms with Gasteiger partial charge >= 0.3 is 0 Å². The first-order valence-corrected chi connectivity index (χ1v) is 7.62. The molecule has 0 radical (unpaired) electrons. The van der Waals surface area contributed by atoms with Crippen LogP contribution in [0.5, 0.6) is 0 Å². The van der Waals surface area contributed by atoms with Gasteiger partial charge in [-0.3, -0.25) is 14.5 Å². The number of rotatable bonds is 3. The molecule has 22 heavy (non-hydrogen) atoms. The first-order chi connectivity index (χ1) is 10.6. The maximum atomic E-state index is 12.7. The number of Topliss-reactive ketones (excluding diaryl/α,β-unsaturated/α-hetero) is 1. The minimum absolute atomic E-state index is 0.000671. The molecule has 0 N–H and O–H groups in total. The van der Waals surface area contributed by atoms with Gasteiger partial charge in [0.1, 0.15) is 6.04 Å². The number of hydrogen-bond donors (Lipinski definition) is 0. The average molecular weight is 293 g/mol. The molecule has 1 aliphatic heterocycles. The van der Waals surface area contributed by atoms with Crippen molar-refractivity contribution in [2.45, 2.75) is 26.3 Å². The smallest absolute Gasteiger partial charge is 0.238 e. The highest BCUT2D eigenvalue weighted by atomic mass is 16.2. The second-order valence-corrected chi connectivity index (χ2v) is 5.72. The van der Waals surface area contributed by atoms with E-state index in [4.69, 9.17) is 0 Å². The maximum absolute atomic E-state index is 12.7. The molecule has 2 atom stereocenters. The van der Waals surface area contributed by atoms with Crippen LogP contribution in [-0.2, 0) is 9.59 Å². The molecule has 0 bridgehead atoms. The van der Waals surface area contributed by atoms with Gasteiger partial charge in [0, 0.05) is 5.69 Å². The molecular weight excluding hydrogens is 274 g/mol. The lowest BCUT2D eigenvalue weighted by atomic mass is 9.96. The highest BCUT2D eigenvalue weighted by Crippen LogP contribution is 2.38. The minimum atomic E-state index is -0.536. The van der Waals surface area contributed by atoms with Gasteiger partial charge in [-0.15, -0.1) is 0 Å². The summed E-state index contributed by atoms with van der Waals surface area (Å²) in [6, 6.07) is 16.8. The van der Waals surface area contributed by atoms with Crippen LogP contribution in [0.25, 0.3) is 0 Å². The van der Waals surface area contributed by atoms with E-state index in [0.29, 0.717) is 6.42 Å². The van der Waals surface area contributed by atoms with Crippen LogP contribution in [-0.4, -0.2) is 11.7 Å². The third-order valence-corrected chi connectivity index (χ3v) is 4.24. The highest BCUT2D eigenvalue weighted by molar-refractivity contribution is 6.19. The van der Waals surface area contributed by atoms with E-state index in [1.807, 2.05) is 68.4 Å². The molecule has 1 fully saturated rings. The fourth-order valence-electron chi connectivity index (χ4n) is 3.04. The molecule has 2 unspecified atom stereocenters. The summed E-state index contributed by atoms with van der Waals surface area (Å²) in [4.78, 5) is 27.1. The Morgan fingerprint density at radius 3 is 2.18 bits per heavy atom. The zero-order valence-electron chi connectivity index (χ0n) is 12.8. The summed E-state index contributed by atoms with van der Waals surface area (Å²) in [5.74, 6) is -0.629. The fraction of sp³-hybridized carbons (Fsp3) is 0.263. The molecule has 0 aliphatic carbocycles. The number of aryl methyl sites for hydroxylation is 1. The molecule has 0 spiro atoms. The molecule has 3 nitrogen and oxygen atoms in total. The van der Waals surface area contributed by atoms with E-state index < -0.39 is 12.0 Å². The van der Waals surface area contributed by atoms with Gasteiger partial charge in [0.25, 0.3) is 0 Å². The number of amides is 1. The number of carbonyl (C=O) groups is 2. The maximum Gasteiger partial charge on any atom is 0.238 e. The number of hydrogen-bond acceptors (Lipinski definition) is 2. The van der Waals surface area contributed by atoms with Gasteiger partial charge in [-0.2, -0.15) is 0 Å². The van der Waals surface area contributed by atoms with Crippen LogP contribution in [0, 0.1) is 12.8 Å². The van der Waals surface area contributed by atoms with Crippen LogP contribution < -0.4 is 4.90 Å². The van der Waals surface area contributed by atoms with E-state index in [0.717, 1.165) is 16.8 Å². The van der Waals surface area contributed by atoms with E-state index in [-0.39, 0.29) is 11.7 Å². The predicted octanol–water partition coefficient (Wildman–Crippen LogP) is 3.68. The molecule has 0 aromatic heterocycles. The largest absolute Gasteiger partial charge is 0.297 e. The van der Waals surface area contributed by atoms with Crippen LogP contribution in [0.1, 0.15) is 30.5 Å². The van der Waals surface area contributed by atoms with E-state index >= 15 is 0 Å². The summed E-state index contributed by atoms with van der Waals surface area (Å²) in [5.41, 5.74) is 2.79. The van der Waals surface area contributed by atoms with Crippen LogP contribution in [0.15, 0.2) is 54.6 Å². The fourth-order valence-corrected chi connectivity index (χ4v) is 3.04. The summed E-state index contributed by atoms with van der Waals surface area (Å²) in [6.07, 6.45) is 0.545. The van der Waals surface area contributed by atoms with Crippen molar-refractivity contribution in [1.82, 2.24) is 0 Å². The van der Waals surface area contributed by atoms with Gasteiger partial charge in [0.15, 0.2) is 5.78 Å². The van der Waals surface area contributed by atoms with Crippen LogP contribution in [0.2, 0.25) is 0 Å². The van der Waals surface area contributed by atoms with Crippen LogP contribution in [0.3, 0.4) is 0 Å². The summed E-state index contributed by atoms with van der Waals surface area (Å²) in [6.45, 7) is 3.89. The number of anilines is 1. The Bertz CT molecular complexity index is 691. The minimum Gasteiger partial charge on any atom is -0.297 e. The third-order valence-electron chi connectivity index (χ3n) is 4.24. The standard InChI is InChI=1S/C19H19NO2/c1-3-16-18(21)17(14-7-5-4-6-8-14)20(19(16)22)15-11-9-13(2)10-12-15/h4-12,16-17H,3H2,1-2H3. The molecule has 1 heterocycles. The molecule has 1 amide bonds. The number of benzene rings is 2. The molecule has 3 heteroatoms. The second-order valence-electron chi connectivity index (χ2n) is 5.72. The summed E-state index contributed by atoms with van der Waals surface area (Å²) in [5, 5.41) is 0. The molecule has 1 saturated heterocycles. The number of ketones is 1. The lowest BCUT2D eigenvalue weighted by molar-refractivity contribution is -0.127. The summed E-state index contributed by atoms with van der Waals surface area (Å²) < 4.78 is 0. The normalized spacial score (nSPS) is 21.5. The lowest BCUT2D eigenvalue weighted by Gasteiger charge is -2.24. The Labute approximate surface area is 130 Å². The summed E-state index contributed by atoms with van der Waals surface area (Å²) in [7, 11) is 0. The van der Waals surface area contributed by atoms with Gasteiger partial charge < -0.3 is 0 Å². The van der Waals surface area contributed by atoms with Crippen LogP contribution in [0.4, 0.5) is 5.69 Å². The molecule has 112 valence electrons. The molecule has 2 aromatic rings. The van der Waals surface area contributed by atoms with E-state index in [1.165, 1.54) is 0 Å². The zero-order valence-corrected chi connectivity index (χ0v) is 12.8. The van der Waals surface area contributed by atoms with E-state index in [2.05, 4.69) is 0 Å². The van der Waals surface area contributed by atoms with E-state index in [1.54, 1.807) is 4.90 Å². The number of carbonyl (C=O) groups excluding carboxylic acids is 2. The van der Waals surface area contributed by atoms with Crippen molar-refractivity contribution in [3.05, 3.63) is 65.7 Å². The SMILES string of the molecule is CCC1C(=O)C(c2ccccc2)N(c2ccc(C)cc2)C1=O. The van der Waals surface area contributed by atoms with Gasteiger partial charge in [-0.1, -0.05) is 55.0 Å². The van der Waals surface area contributed by atoms with Gasteiger partial charge in [-0.25, -0.2) is 0 Å². The monoisotopic (exact) mass is 293 g/mol. The Hall–Kier alpha value is -2.42. The van der Waals surface area contributed by atoms with E-state index in [9.17, 15) is 9.59 Å². The van der Waals surface area contributed by atoms with Crippen molar-refractivity contribution in [3.8, 4) is 0 Å². The van der Waals surface area contributed by atoms with Gasteiger partial charge in [0.05, 0.1) is 5.92 Å². The molecule has 2 aromatic carbocycles. The lowest BCUT2D eigenvalue weighted by Crippen LogP contribution is -2.29. The quantitative estimate of drug-likeness (QED) is 0.810. The Morgan fingerprint density at radius 2 is 1.59 bits per heavy atom. The topological polar surface area (TPSA) is 37.4 Å². The van der Waals surface area contributed by atoms with Crippen LogP contribution >= 0.6 is 0 Å². The number of nitrogens with zero attached hydrogens (tertiary/aromatic N) is 1. The van der Waals surface area contributed by atoms with Gasteiger partial charge in [-0.05, 0) is 31.0 Å². The van der Waals surface area contributed by atoms with Crippen molar-refractivity contribution in [3.63, 3.8) is 0 Å². The molecule has 1 aliphatic rings. The predicted molar refractivity (Wildman–Crippen MR) is 86.6 cm³/mol. The molecule has 3 rings (SSSR count). The zero-order chi connectivity index (χ0) is 15.7. The third kappa shape index (κ3) is 2.33. The average Bonchev–Trinajstić information content (AvgIpc) is 2.79. The second kappa shape index (κ2) is 5.76. The highest BCUT2D eigenvalue weighted by Gasteiger charge is 2.47. The first-order valence-electron chi connectivity index (χ1n) is 7.62.